The SMILES string of the molecule is c1ccc(-c2cccc(-c3cc(-c4ccc(-c5nc6ccccc6c6c5c5ccccc5n6-c5ccccc5)cc4)nc(-c4ccccc4)n3)c2)cc1. The molecule has 0 unspecified atom stereocenters. The van der Waals surface area contributed by atoms with Crippen LogP contribution in [0.15, 0.2) is 194 Å². The summed E-state index contributed by atoms with van der Waals surface area (Å²) in [5.41, 5.74) is 13.5. The largest absolute Gasteiger partial charge is 0.308 e. The summed E-state index contributed by atoms with van der Waals surface area (Å²) >= 11 is 0. The number of rotatable bonds is 6. The van der Waals surface area contributed by atoms with Crippen molar-refractivity contribution in [2.45, 2.75) is 0 Å². The molecular formula is C49H32N4. The Labute approximate surface area is 307 Å². The number of hydrogen-bond acceptors (Lipinski definition) is 3. The van der Waals surface area contributed by atoms with Crippen LogP contribution in [0, 0.1) is 0 Å². The second-order valence-corrected chi connectivity index (χ2v) is 13.2. The van der Waals surface area contributed by atoms with E-state index in [1.54, 1.807) is 0 Å². The van der Waals surface area contributed by atoms with Gasteiger partial charge in [0, 0.05) is 44.1 Å². The summed E-state index contributed by atoms with van der Waals surface area (Å²) in [6, 6.07) is 67.8. The molecular weight excluding hydrogens is 645 g/mol. The second kappa shape index (κ2) is 12.9. The molecule has 0 fully saturated rings. The first kappa shape index (κ1) is 30.6. The van der Waals surface area contributed by atoms with Gasteiger partial charge in [0.15, 0.2) is 5.82 Å². The van der Waals surface area contributed by atoms with Gasteiger partial charge in [-0.1, -0.05) is 158 Å². The number of fused-ring (bicyclic) bond motifs is 5. The van der Waals surface area contributed by atoms with Crippen molar-refractivity contribution in [2.24, 2.45) is 0 Å². The minimum atomic E-state index is 0.693. The Morgan fingerprint density at radius 3 is 1.68 bits per heavy atom. The van der Waals surface area contributed by atoms with Crippen molar-refractivity contribution in [1.29, 1.82) is 0 Å². The molecule has 248 valence electrons. The number of nitrogens with zero attached hydrogens (tertiary/aromatic N) is 4. The fourth-order valence-electron chi connectivity index (χ4n) is 7.48. The minimum Gasteiger partial charge on any atom is -0.308 e. The predicted octanol–water partition coefficient (Wildman–Crippen LogP) is 12.5. The predicted molar refractivity (Wildman–Crippen MR) is 219 cm³/mol. The molecule has 0 amide bonds. The highest BCUT2D eigenvalue weighted by Crippen LogP contribution is 2.41. The summed E-state index contributed by atoms with van der Waals surface area (Å²) in [6.07, 6.45) is 0. The van der Waals surface area contributed by atoms with Crippen molar-refractivity contribution in [3.63, 3.8) is 0 Å². The molecule has 0 atom stereocenters. The van der Waals surface area contributed by atoms with Gasteiger partial charge in [0.25, 0.3) is 0 Å². The van der Waals surface area contributed by atoms with Crippen LogP contribution in [-0.4, -0.2) is 19.5 Å². The van der Waals surface area contributed by atoms with Gasteiger partial charge in [-0.05, 0) is 47.5 Å². The lowest BCUT2D eigenvalue weighted by atomic mass is 9.99. The van der Waals surface area contributed by atoms with Crippen molar-refractivity contribution >= 4 is 32.7 Å². The molecule has 3 aromatic heterocycles. The zero-order valence-electron chi connectivity index (χ0n) is 28.8. The highest BCUT2D eigenvalue weighted by Gasteiger charge is 2.20. The van der Waals surface area contributed by atoms with Gasteiger partial charge in [-0.25, -0.2) is 15.0 Å². The van der Waals surface area contributed by atoms with Crippen molar-refractivity contribution in [2.75, 3.05) is 0 Å². The quantitative estimate of drug-likeness (QED) is 0.176. The molecule has 10 aromatic rings. The molecule has 10 rings (SSSR count). The average Bonchev–Trinajstić information content (AvgIpc) is 3.60. The average molecular weight is 677 g/mol. The number of hydrogen-bond donors (Lipinski definition) is 0. The van der Waals surface area contributed by atoms with E-state index < -0.39 is 0 Å². The molecule has 0 aliphatic rings. The molecule has 4 heteroatoms. The van der Waals surface area contributed by atoms with Crippen molar-refractivity contribution < 1.29 is 0 Å². The topological polar surface area (TPSA) is 43.6 Å². The van der Waals surface area contributed by atoms with Gasteiger partial charge in [-0.3, -0.25) is 0 Å². The molecule has 0 spiro atoms. The van der Waals surface area contributed by atoms with E-state index in [1.807, 2.05) is 24.3 Å². The highest BCUT2D eigenvalue weighted by molar-refractivity contribution is 6.22. The van der Waals surface area contributed by atoms with Crippen LogP contribution in [-0.2, 0) is 0 Å². The van der Waals surface area contributed by atoms with E-state index in [-0.39, 0.29) is 0 Å². The Morgan fingerprint density at radius 2 is 0.925 bits per heavy atom. The lowest BCUT2D eigenvalue weighted by Gasteiger charge is -2.13. The standard InChI is InChI=1S/C49H32N4/c1-4-15-33(16-5-1)37-19-14-20-38(31-37)44-32-43(51-49(52-44)36-17-6-2-7-18-36)34-27-29-35(30-28-34)47-46-41-24-11-13-26-45(41)53(39-21-8-3-9-22-39)48(46)40-23-10-12-25-42(40)50-47/h1-32H. The van der Waals surface area contributed by atoms with Crippen molar-refractivity contribution in [3.8, 4) is 62.0 Å². The fourth-order valence-corrected chi connectivity index (χ4v) is 7.48. The Kier molecular flexibility index (Phi) is 7.43. The van der Waals surface area contributed by atoms with Crippen LogP contribution in [0.3, 0.4) is 0 Å². The summed E-state index contributed by atoms with van der Waals surface area (Å²) < 4.78 is 2.38. The molecule has 0 aliphatic heterocycles. The monoisotopic (exact) mass is 676 g/mol. The molecule has 0 aliphatic carbocycles. The molecule has 4 nitrogen and oxygen atoms in total. The van der Waals surface area contributed by atoms with E-state index in [0.29, 0.717) is 5.82 Å². The van der Waals surface area contributed by atoms with Crippen LogP contribution in [0.1, 0.15) is 0 Å². The van der Waals surface area contributed by atoms with Gasteiger partial charge in [-0.2, -0.15) is 0 Å². The van der Waals surface area contributed by atoms with Gasteiger partial charge in [-0.15, -0.1) is 0 Å². The zero-order chi connectivity index (χ0) is 35.1. The molecule has 0 saturated heterocycles. The van der Waals surface area contributed by atoms with E-state index in [1.165, 1.54) is 10.9 Å². The third-order valence-electron chi connectivity index (χ3n) is 10.00. The summed E-state index contributed by atoms with van der Waals surface area (Å²) in [5.74, 6) is 0.693. The minimum absolute atomic E-state index is 0.693. The smallest absolute Gasteiger partial charge is 0.160 e. The van der Waals surface area contributed by atoms with Crippen LogP contribution in [0.2, 0.25) is 0 Å². The third kappa shape index (κ3) is 5.45. The van der Waals surface area contributed by atoms with Gasteiger partial charge < -0.3 is 4.57 Å². The lowest BCUT2D eigenvalue weighted by Crippen LogP contribution is -1.96. The van der Waals surface area contributed by atoms with Crippen LogP contribution < -0.4 is 0 Å². The van der Waals surface area contributed by atoms with Crippen LogP contribution >= 0.6 is 0 Å². The molecule has 0 saturated carbocycles. The van der Waals surface area contributed by atoms with Crippen LogP contribution in [0.5, 0.6) is 0 Å². The number of aromatic nitrogens is 4. The molecule has 0 N–H and O–H groups in total. The van der Waals surface area contributed by atoms with Crippen LogP contribution in [0.25, 0.3) is 94.7 Å². The lowest BCUT2D eigenvalue weighted by molar-refractivity contribution is 1.18. The molecule has 0 radical (unpaired) electrons. The van der Waals surface area contributed by atoms with E-state index in [9.17, 15) is 0 Å². The summed E-state index contributed by atoms with van der Waals surface area (Å²) in [5, 5.41) is 3.44. The van der Waals surface area contributed by atoms with Gasteiger partial charge in [0.1, 0.15) is 0 Å². The maximum Gasteiger partial charge on any atom is 0.160 e. The first-order chi connectivity index (χ1) is 26.3. The first-order valence-corrected chi connectivity index (χ1v) is 17.9. The fraction of sp³-hybridized carbons (Fsp3) is 0. The number of pyridine rings is 1. The van der Waals surface area contributed by atoms with E-state index in [2.05, 4.69) is 174 Å². The third-order valence-corrected chi connectivity index (χ3v) is 10.00. The van der Waals surface area contributed by atoms with Gasteiger partial charge >= 0.3 is 0 Å². The number of para-hydroxylation sites is 3. The Hall–Kier alpha value is -7.17. The molecule has 3 heterocycles. The summed E-state index contributed by atoms with van der Waals surface area (Å²) in [7, 11) is 0. The molecule has 53 heavy (non-hydrogen) atoms. The van der Waals surface area contributed by atoms with E-state index in [4.69, 9.17) is 15.0 Å². The summed E-state index contributed by atoms with van der Waals surface area (Å²) in [6.45, 7) is 0. The first-order valence-electron chi connectivity index (χ1n) is 17.9. The molecule has 7 aromatic carbocycles. The highest BCUT2D eigenvalue weighted by atomic mass is 15.0. The Bertz CT molecular complexity index is 2910. The van der Waals surface area contributed by atoms with E-state index in [0.717, 1.165) is 77.9 Å². The normalized spacial score (nSPS) is 11.4. The second-order valence-electron chi connectivity index (χ2n) is 13.2. The Balaban J connectivity index is 1.14. The molecule has 0 bridgehead atoms. The van der Waals surface area contributed by atoms with Crippen LogP contribution in [0.4, 0.5) is 0 Å². The summed E-state index contributed by atoms with van der Waals surface area (Å²) in [4.78, 5) is 15.6. The van der Waals surface area contributed by atoms with E-state index >= 15 is 0 Å². The van der Waals surface area contributed by atoms with Gasteiger partial charge in [0.05, 0.1) is 33.6 Å². The zero-order valence-corrected chi connectivity index (χ0v) is 28.8. The maximum absolute atomic E-state index is 5.33. The van der Waals surface area contributed by atoms with Crippen molar-refractivity contribution in [1.82, 2.24) is 19.5 Å². The number of benzene rings is 7. The maximum atomic E-state index is 5.33. The Morgan fingerprint density at radius 1 is 0.358 bits per heavy atom. The van der Waals surface area contributed by atoms with Gasteiger partial charge in [0.2, 0.25) is 0 Å². The van der Waals surface area contributed by atoms with Crippen molar-refractivity contribution in [3.05, 3.63) is 194 Å².